The van der Waals surface area contributed by atoms with Gasteiger partial charge >= 0.3 is 5.97 Å². The fourth-order valence-electron chi connectivity index (χ4n) is 4.06. The Kier molecular flexibility index (Phi) is 8.31. The fourth-order valence-corrected chi connectivity index (χ4v) is 4.06. The second-order valence-corrected chi connectivity index (χ2v) is 7.99. The lowest BCUT2D eigenvalue weighted by molar-refractivity contribution is -0.142. The van der Waals surface area contributed by atoms with E-state index in [9.17, 15) is 9.18 Å². The van der Waals surface area contributed by atoms with Gasteiger partial charge in [0.15, 0.2) is 0 Å². The minimum absolute atomic E-state index is 0.00427. The molecule has 0 radical (unpaired) electrons. The molecule has 0 spiro atoms. The topological polar surface area (TPSA) is 50.8 Å². The van der Waals surface area contributed by atoms with E-state index in [1.807, 2.05) is 18.2 Å². The van der Waals surface area contributed by atoms with Crippen LogP contribution in [0.5, 0.6) is 0 Å². The van der Waals surface area contributed by atoms with E-state index in [2.05, 4.69) is 36.2 Å². The van der Waals surface area contributed by atoms with Crippen molar-refractivity contribution >= 4 is 11.7 Å². The predicted octanol–water partition coefficient (Wildman–Crippen LogP) is 4.06. The summed E-state index contributed by atoms with van der Waals surface area (Å²) < 4.78 is 24.4. The number of cyclic esters (lactones) is 1. The molecule has 1 aliphatic heterocycles. The van der Waals surface area contributed by atoms with Crippen LogP contribution in [0.4, 0.5) is 10.1 Å². The Labute approximate surface area is 178 Å². The van der Waals surface area contributed by atoms with Crippen LogP contribution >= 0.6 is 0 Å². The van der Waals surface area contributed by atoms with E-state index in [-0.39, 0.29) is 29.7 Å². The van der Waals surface area contributed by atoms with Crippen LogP contribution in [0.2, 0.25) is 0 Å². The highest BCUT2D eigenvalue weighted by atomic mass is 19.1. The van der Waals surface area contributed by atoms with Crippen molar-refractivity contribution < 1.29 is 18.7 Å². The molecule has 6 heteroatoms. The maximum absolute atomic E-state index is 13.1. The SMILES string of the molecule is CCCN(CCNCCOC1=CC(C)C(C2CCC(=O)O2)C=C1)c1ccc(F)cc1. The second-order valence-electron chi connectivity index (χ2n) is 7.99. The van der Waals surface area contributed by atoms with Gasteiger partial charge in [-0.25, -0.2) is 4.39 Å². The van der Waals surface area contributed by atoms with E-state index in [4.69, 9.17) is 9.47 Å². The minimum Gasteiger partial charge on any atom is -0.493 e. The molecule has 5 nitrogen and oxygen atoms in total. The van der Waals surface area contributed by atoms with Crippen LogP contribution in [0.15, 0.2) is 48.3 Å². The molecular formula is C24H33FN2O3. The Hall–Kier alpha value is -2.34. The number of hydrogen-bond acceptors (Lipinski definition) is 5. The fraction of sp³-hybridized carbons (Fsp3) is 0.542. The maximum Gasteiger partial charge on any atom is 0.306 e. The van der Waals surface area contributed by atoms with E-state index >= 15 is 0 Å². The highest BCUT2D eigenvalue weighted by Crippen LogP contribution is 2.32. The molecule has 0 saturated carbocycles. The number of nitrogens with one attached hydrogen (secondary N) is 1. The summed E-state index contributed by atoms with van der Waals surface area (Å²) in [4.78, 5) is 13.6. The Balaban J connectivity index is 1.34. The first-order chi connectivity index (χ1) is 14.6. The Morgan fingerprint density at radius 1 is 1.23 bits per heavy atom. The molecule has 1 aromatic carbocycles. The third-order valence-corrected chi connectivity index (χ3v) is 5.65. The molecule has 0 bridgehead atoms. The van der Waals surface area contributed by atoms with E-state index in [1.165, 1.54) is 12.1 Å². The van der Waals surface area contributed by atoms with Crippen LogP contribution in [0.25, 0.3) is 0 Å². The van der Waals surface area contributed by atoms with Gasteiger partial charge in [-0.2, -0.15) is 0 Å². The average Bonchev–Trinajstić information content (AvgIpc) is 3.16. The molecule has 30 heavy (non-hydrogen) atoms. The summed E-state index contributed by atoms with van der Waals surface area (Å²) in [6, 6.07) is 6.67. The zero-order chi connectivity index (χ0) is 21.3. The molecule has 0 aromatic heterocycles. The lowest BCUT2D eigenvalue weighted by Crippen LogP contribution is -2.34. The van der Waals surface area contributed by atoms with Gasteiger partial charge in [0.05, 0.1) is 0 Å². The van der Waals surface area contributed by atoms with Crippen molar-refractivity contribution in [1.82, 2.24) is 5.32 Å². The summed E-state index contributed by atoms with van der Waals surface area (Å²) in [6.45, 7) is 8.27. The number of benzene rings is 1. The molecule has 3 rings (SSSR count). The molecule has 0 amide bonds. The highest BCUT2D eigenvalue weighted by Gasteiger charge is 2.33. The Morgan fingerprint density at radius 3 is 2.70 bits per heavy atom. The number of hydrogen-bond donors (Lipinski definition) is 1. The number of anilines is 1. The molecule has 1 saturated heterocycles. The molecule has 164 valence electrons. The summed E-state index contributed by atoms with van der Waals surface area (Å²) in [5.74, 6) is 1.10. The third kappa shape index (κ3) is 6.33. The largest absolute Gasteiger partial charge is 0.493 e. The summed E-state index contributed by atoms with van der Waals surface area (Å²) in [5.41, 5.74) is 1.05. The number of allylic oxidation sites excluding steroid dienone is 2. The maximum atomic E-state index is 13.1. The van der Waals surface area contributed by atoms with Crippen LogP contribution in [-0.4, -0.2) is 44.9 Å². The molecule has 1 aromatic rings. The Morgan fingerprint density at radius 2 is 2.03 bits per heavy atom. The van der Waals surface area contributed by atoms with Gasteiger partial charge in [0.2, 0.25) is 0 Å². The minimum atomic E-state index is -0.207. The van der Waals surface area contributed by atoms with Crippen molar-refractivity contribution in [3.8, 4) is 0 Å². The van der Waals surface area contributed by atoms with Crippen LogP contribution in [-0.2, 0) is 14.3 Å². The van der Waals surface area contributed by atoms with Crippen molar-refractivity contribution in [3.63, 3.8) is 0 Å². The number of carbonyl (C=O) groups excluding carboxylic acids is 1. The lowest BCUT2D eigenvalue weighted by atomic mass is 9.84. The van der Waals surface area contributed by atoms with Gasteiger partial charge in [-0.3, -0.25) is 4.79 Å². The van der Waals surface area contributed by atoms with Gasteiger partial charge in [-0.1, -0.05) is 19.9 Å². The first-order valence-corrected chi connectivity index (χ1v) is 11.0. The van der Waals surface area contributed by atoms with Crippen LogP contribution < -0.4 is 10.2 Å². The molecule has 2 aliphatic rings. The third-order valence-electron chi connectivity index (χ3n) is 5.65. The van der Waals surface area contributed by atoms with Crippen molar-refractivity contribution in [1.29, 1.82) is 0 Å². The average molecular weight is 417 g/mol. The van der Waals surface area contributed by atoms with E-state index in [1.54, 1.807) is 0 Å². The Bertz CT molecular complexity index is 747. The van der Waals surface area contributed by atoms with Crippen molar-refractivity contribution in [2.45, 2.75) is 39.2 Å². The second kappa shape index (κ2) is 11.2. The van der Waals surface area contributed by atoms with Gasteiger partial charge < -0.3 is 19.7 Å². The first kappa shape index (κ1) is 22.3. The molecule has 3 unspecified atom stereocenters. The van der Waals surface area contributed by atoms with E-state index in [0.717, 1.165) is 50.5 Å². The lowest BCUT2D eigenvalue weighted by Gasteiger charge is -2.27. The molecule has 3 atom stereocenters. The molecule has 1 heterocycles. The summed E-state index contributed by atoms with van der Waals surface area (Å²) >= 11 is 0. The van der Waals surface area contributed by atoms with Crippen LogP contribution in [0.1, 0.15) is 33.1 Å². The summed E-state index contributed by atoms with van der Waals surface area (Å²) in [5, 5.41) is 3.42. The molecule has 1 fully saturated rings. The van der Waals surface area contributed by atoms with Crippen molar-refractivity contribution in [3.05, 3.63) is 54.1 Å². The van der Waals surface area contributed by atoms with Gasteiger partial charge in [-0.15, -0.1) is 0 Å². The number of ether oxygens (including phenoxy) is 2. The molecule has 1 N–H and O–H groups in total. The molecule has 1 aliphatic carbocycles. The van der Waals surface area contributed by atoms with Gasteiger partial charge in [0, 0.05) is 44.2 Å². The van der Waals surface area contributed by atoms with Crippen LogP contribution in [0, 0.1) is 17.7 Å². The number of halogens is 1. The zero-order valence-corrected chi connectivity index (χ0v) is 18.0. The first-order valence-electron chi connectivity index (χ1n) is 11.0. The highest BCUT2D eigenvalue weighted by molar-refractivity contribution is 5.71. The monoisotopic (exact) mass is 416 g/mol. The summed E-state index contributed by atoms with van der Waals surface area (Å²) in [7, 11) is 0. The normalized spacial score (nSPS) is 23.2. The van der Waals surface area contributed by atoms with Crippen molar-refractivity contribution in [2.75, 3.05) is 37.7 Å². The van der Waals surface area contributed by atoms with E-state index in [0.29, 0.717) is 13.0 Å². The summed E-state index contributed by atoms with van der Waals surface area (Å²) in [6.07, 6.45) is 8.59. The standard InChI is InChI=1S/C24H33FN2O3/c1-3-14-27(20-6-4-19(25)5-7-20)15-12-26-13-16-29-21-8-9-22(18(2)17-21)23-10-11-24(28)30-23/h4-9,17-18,22-23,26H,3,10-16H2,1-2H3. The number of nitrogens with zero attached hydrogens (tertiary/aromatic N) is 1. The number of esters is 1. The van der Waals surface area contributed by atoms with E-state index < -0.39 is 0 Å². The smallest absolute Gasteiger partial charge is 0.306 e. The number of rotatable bonds is 11. The zero-order valence-electron chi connectivity index (χ0n) is 18.0. The van der Waals surface area contributed by atoms with Crippen LogP contribution in [0.3, 0.4) is 0 Å². The quantitative estimate of drug-likeness (QED) is 0.436. The number of carbonyl (C=O) groups is 1. The van der Waals surface area contributed by atoms with Gasteiger partial charge in [0.25, 0.3) is 0 Å². The van der Waals surface area contributed by atoms with Gasteiger partial charge in [-0.05, 0) is 55.2 Å². The van der Waals surface area contributed by atoms with Gasteiger partial charge in [0.1, 0.15) is 24.3 Å². The molecular weight excluding hydrogens is 383 g/mol. The van der Waals surface area contributed by atoms with Crippen molar-refractivity contribution in [2.24, 2.45) is 11.8 Å². The predicted molar refractivity (Wildman–Crippen MR) is 117 cm³/mol.